The van der Waals surface area contributed by atoms with E-state index in [-0.39, 0.29) is 29.6 Å². The van der Waals surface area contributed by atoms with Gasteiger partial charge >= 0.3 is 0 Å². The normalized spacial score (nSPS) is 11.8. The molecule has 0 unspecified atom stereocenters. The zero-order valence-electron chi connectivity index (χ0n) is 10.1. The third-order valence-electron chi connectivity index (χ3n) is 2.39. The summed E-state index contributed by atoms with van der Waals surface area (Å²) in [6.45, 7) is 5.23. The van der Waals surface area contributed by atoms with Crippen molar-refractivity contribution in [2.75, 3.05) is 19.7 Å². The number of halogens is 1. The minimum atomic E-state index is -3.70. The Balaban J connectivity index is 3.21. The van der Waals surface area contributed by atoms with Crippen LogP contribution < -0.4 is 0 Å². The second-order valence-corrected chi connectivity index (χ2v) is 6.12. The SMILES string of the molecule is C=CCN(CCO)S(=O)(=O)c1ccc(C)cc1Cl. The standard InChI is InChI=1S/C12H16ClNO3S/c1-3-6-14(7-8-15)18(16,17)12-5-4-10(2)9-11(12)13/h3-5,9,15H,1,6-8H2,2H3. The number of sulfonamides is 1. The van der Waals surface area contributed by atoms with Gasteiger partial charge in [0, 0.05) is 13.1 Å². The molecule has 0 spiro atoms. The molecule has 1 rings (SSSR count). The fourth-order valence-electron chi connectivity index (χ4n) is 1.52. The van der Waals surface area contributed by atoms with Crippen LogP contribution in [0.15, 0.2) is 35.7 Å². The average Bonchev–Trinajstić information content (AvgIpc) is 2.28. The van der Waals surface area contributed by atoms with Gasteiger partial charge in [0.15, 0.2) is 0 Å². The van der Waals surface area contributed by atoms with Gasteiger partial charge in [0.25, 0.3) is 0 Å². The first kappa shape index (κ1) is 15.2. The van der Waals surface area contributed by atoms with Crippen molar-refractivity contribution >= 4 is 21.6 Å². The lowest BCUT2D eigenvalue weighted by atomic mass is 10.2. The lowest BCUT2D eigenvalue weighted by Gasteiger charge is -2.20. The Bertz CT molecular complexity index is 528. The number of hydrogen-bond donors (Lipinski definition) is 1. The molecule has 1 N–H and O–H groups in total. The monoisotopic (exact) mass is 289 g/mol. The van der Waals surface area contributed by atoms with Crippen LogP contribution >= 0.6 is 11.6 Å². The van der Waals surface area contributed by atoms with Crippen LogP contribution in [0.3, 0.4) is 0 Å². The molecule has 0 radical (unpaired) electrons. The summed E-state index contributed by atoms with van der Waals surface area (Å²) in [4.78, 5) is 0.0464. The highest BCUT2D eigenvalue weighted by atomic mass is 35.5. The van der Waals surface area contributed by atoms with Gasteiger partial charge in [-0.3, -0.25) is 0 Å². The minimum Gasteiger partial charge on any atom is -0.395 e. The van der Waals surface area contributed by atoms with Crippen LogP contribution in [0.2, 0.25) is 5.02 Å². The van der Waals surface area contributed by atoms with E-state index in [1.807, 2.05) is 6.92 Å². The van der Waals surface area contributed by atoms with Crippen molar-refractivity contribution in [3.05, 3.63) is 41.4 Å². The maximum atomic E-state index is 12.3. The minimum absolute atomic E-state index is 0.0125. The third kappa shape index (κ3) is 3.32. The van der Waals surface area contributed by atoms with Gasteiger partial charge in [-0.05, 0) is 24.6 Å². The zero-order valence-corrected chi connectivity index (χ0v) is 11.7. The molecular weight excluding hydrogens is 274 g/mol. The van der Waals surface area contributed by atoms with Crippen LogP contribution in [0.5, 0.6) is 0 Å². The molecule has 0 atom stereocenters. The van der Waals surface area contributed by atoms with Crippen molar-refractivity contribution in [1.29, 1.82) is 0 Å². The maximum absolute atomic E-state index is 12.3. The van der Waals surface area contributed by atoms with Gasteiger partial charge in [-0.2, -0.15) is 4.31 Å². The molecule has 18 heavy (non-hydrogen) atoms. The first-order valence-corrected chi connectivity index (χ1v) is 7.23. The highest BCUT2D eigenvalue weighted by Gasteiger charge is 2.25. The van der Waals surface area contributed by atoms with Crippen LogP contribution in [0.1, 0.15) is 5.56 Å². The zero-order chi connectivity index (χ0) is 13.8. The molecule has 1 aromatic rings. The predicted molar refractivity (Wildman–Crippen MR) is 72.2 cm³/mol. The van der Waals surface area contributed by atoms with E-state index >= 15 is 0 Å². The van der Waals surface area contributed by atoms with Gasteiger partial charge in [0.2, 0.25) is 10.0 Å². The van der Waals surface area contributed by atoms with Gasteiger partial charge in [0.05, 0.1) is 11.6 Å². The topological polar surface area (TPSA) is 57.6 Å². The quantitative estimate of drug-likeness (QED) is 0.813. The molecular formula is C12H16ClNO3S. The second kappa shape index (κ2) is 6.33. The molecule has 0 heterocycles. The number of aliphatic hydroxyl groups is 1. The summed E-state index contributed by atoms with van der Waals surface area (Å²) < 4.78 is 25.8. The molecule has 0 amide bonds. The summed E-state index contributed by atoms with van der Waals surface area (Å²) in [5.41, 5.74) is 0.886. The van der Waals surface area contributed by atoms with Gasteiger partial charge in [0.1, 0.15) is 4.90 Å². The summed E-state index contributed by atoms with van der Waals surface area (Å²) in [6.07, 6.45) is 1.47. The van der Waals surface area contributed by atoms with Crippen molar-refractivity contribution in [3.63, 3.8) is 0 Å². The molecule has 0 saturated heterocycles. The van der Waals surface area contributed by atoms with Crippen molar-refractivity contribution in [3.8, 4) is 0 Å². The van der Waals surface area contributed by atoms with Crippen LogP contribution in [0, 0.1) is 6.92 Å². The Kier molecular flexibility index (Phi) is 5.34. The number of nitrogens with zero attached hydrogens (tertiary/aromatic N) is 1. The molecule has 0 saturated carbocycles. The fourth-order valence-corrected chi connectivity index (χ4v) is 3.49. The van der Waals surface area contributed by atoms with Crippen molar-refractivity contribution < 1.29 is 13.5 Å². The first-order chi connectivity index (χ1) is 8.43. The van der Waals surface area contributed by atoms with Gasteiger partial charge < -0.3 is 5.11 Å². The lowest BCUT2D eigenvalue weighted by molar-refractivity contribution is 0.260. The summed E-state index contributed by atoms with van der Waals surface area (Å²) in [5.74, 6) is 0. The van der Waals surface area contributed by atoms with E-state index in [4.69, 9.17) is 16.7 Å². The van der Waals surface area contributed by atoms with Crippen LogP contribution in [0.4, 0.5) is 0 Å². The van der Waals surface area contributed by atoms with E-state index < -0.39 is 10.0 Å². The Labute approximate surface area is 113 Å². The molecule has 0 aromatic heterocycles. The highest BCUT2D eigenvalue weighted by molar-refractivity contribution is 7.89. The average molecular weight is 290 g/mol. The molecule has 0 fully saturated rings. The summed E-state index contributed by atoms with van der Waals surface area (Å²) in [5, 5.41) is 9.10. The lowest BCUT2D eigenvalue weighted by Crippen LogP contribution is -2.33. The molecule has 0 aliphatic carbocycles. The van der Waals surface area contributed by atoms with E-state index in [0.717, 1.165) is 9.87 Å². The molecule has 1 aromatic carbocycles. The smallest absolute Gasteiger partial charge is 0.244 e. The Morgan fingerprint density at radius 1 is 1.50 bits per heavy atom. The first-order valence-electron chi connectivity index (χ1n) is 5.41. The molecule has 0 bridgehead atoms. The number of rotatable bonds is 6. The second-order valence-electron chi connectivity index (χ2n) is 3.81. The van der Waals surface area contributed by atoms with Gasteiger partial charge in [-0.15, -0.1) is 6.58 Å². The van der Waals surface area contributed by atoms with E-state index in [9.17, 15) is 8.42 Å². The van der Waals surface area contributed by atoms with Crippen LogP contribution in [0.25, 0.3) is 0 Å². The summed E-state index contributed by atoms with van der Waals surface area (Å²) in [6, 6.07) is 4.75. The largest absolute Gasteiger partial charge is 0.395 e. The molecule has 6 heteroatoms. The Morgan fingerprint density at radius 2 is 2.17 bits per heavy atom. The number of aryl methyl sites for hydroxylation is 1. The van der Waals surface area contributed by atoms with Crippen molar-refractivity contribution in [2.45, 2.75) is 11.8 Å². The highest BCUT2D eigenvalue weighted by Crippen LogP contribution is 2.25. The maximum Gasteiger partial charge on any atom is 0.244 e. The van der Waals surface area contributed by atoms with Crippen LogP contribution in [-0.2, 0) is 10.0 Å². The molecule has 100 valence electrons. The van der Waals surface area contributed by atoms with E-state index in [2.05, 4.69) is 6.58 Å². The van der Waals surface area contributed by atoms with Crippen molar-refractivity contribution in [2.24, 2.45) is 0 Å². The van der Waals surface area contributed by atoms with Crippen molar-refractivity contribution in [1.82, 2.24) is 4.31 Å². The van der Waals surface area contributed by atoms with Gasteiger partial charge in [-0.25, -0.2) is 8.42 Å². The van der Waals surface area contributed by atoms with E-state index in [0.29, 0.717) is 0 Å². The Hall–Kier alpha value is -0.880. The van der Waals surface area contributed by atoms with Crippen LogP contribution in [-0.4, -0.2) is 37.5 Å². The summed E-state index contributed by atoms with van der Waals surface area (Å²) in [7, 11) is -3.70. The molecule has 0 aliphatic heterocycles. The predicted octanol–water partition coefficient (Wildman–Crippen LogP) is 1.82. The fraction of sp³-hybridized carbons (Fsp3) is 0.333. The third-order valence-corrected chi connectivity index (χ3v) is 4.74. The Morgan fingerprint density at radius 3 is 2.67 bits per heavy atom. The van der Waals surface area contributed by atoms with E-state index in [1.165, 1.54) is 12.1 Å². The number of benzene rings is 1. The summed E-state index contributed by atoms with van der Waals surface area (Å²) >= 11 is 5.96. The number of aliphatic hydroxyl groups excluding tert-OH is 1. The molecule has 4 nitrogen and oxygen atoms in total. The van der Waals surface area contributed by atoms with Gasteiger partial charge in [-0.1, -0.05) is 23.7 Å². The molecule has 0 aliphatic rings. The van der Waals surface area contributed by atoms with E-state index in [1.54, 1.807) is 12.1 Å². The number of hydrogen-bond acceptors (Lipinski definition) is 3.